The summed E-state index contributed by atoms with van der Waals surface area (Å²) in [6.07, 6.45) is 4.28. The first kappa shape index (κ1) is 15.4. The van der Waals surface area contributed by atoms with Gasteiger partial charge in [-0.05, 0) is 24.3 Å². The molecule has 0 aromatic carbocycles. The van der Waals surface area contributed by atoms with Crippen molar-refractivity contribution in [3.05, 3.63) is 16.5 Å². The van der Waals surface area contributed by atoms with Crippen LogP contribution >= 0.6 is 23.4 Å². The molecule has 2 heterocycles. The zero-order chi connectivity index (χ0) is 14.5. The quantitative estimate of drug-likeness (QED) is 0.370. The molecular weight excluding hydrogens is 298 g/mol. The first-order valence-corrected chi connectivity index (χ1v) is 8.27. The molecule has 0 N–H and O–H groups in total. The molecule has 7 heteroatoms. The van der Waals surface area contributed by atoms with Gasteiger partial charge in [-0.2, -0.15) is 0 Å². The van der Waals surface area contributed by atoms with Crippen molar-refractivity contribution in [3.8, 4) is 0 Å². The standard InChI is InChI=1S/C13H18ClN3O2S/c1-3-4-7-19-13(18)17-6-5-10-9(8-17)11(20-2)16-12(14)15-10/h3-8H2,1-2H3. The van der Waals surface area contributed by atoms with Gasteiger partial charge in [-0.25, -0.2) is 14.8 Å². The molecule has 0 fully saturated rings. The average molecular weight is 316 g/mol. The average Bonchev–Trinajstić information content (AvgIpc) is 2.46. The fourth-order valence-corrected chi connectivity index (χ4v) is 2.92. The van der Waals surface area contributed by atoms with Gasteiger partial charge in [0.25, 0.3) is 0 Å². The van der Waals surface area contributed by atoms with Crippen LogP contribution in [0.2, 0.25) is 5.28 Å². The van der Waals surface area contributed by atoms with Crippen LogP contribution < -0.4 is 0 Å². The maximum Gasteiger partial charge on any atom is 0.410 e. The molecule has 0 saturated carbocycles. The Kier molecular flexibility index (Phi) is 5.48. The van der Waals surface area contributed by atoms with E-state index in [0.29, 0.717) is 26.1 Å². The Morgan fingerprint density at radius 3 is 3.00 bits per heavy atom. The number of amides is 1. The van der Waals surface area contributed by atoms with E-state index in [2.05, 4.69) is 16.9 Å². The number of carbonyl (C=O) groups is 1. The molecule has 0 saturated heterocycles. The van der Waals surface area contributed by atoms with E-state index in [1.54, 1.807) is 4.90 Å². The van der Waals surface area contributed by atoms with Crippen LogP contribution in [-0.2, 0) is 17.7 Å². The summed E-state index contributed by atoms with van der Waals surface area (Å²) in [4.78, 5) is 22.1. The molecule has 0 aliphatic carbocycles. The van der Waals surface area contributed by atoms with Crippen LogP contribution in [0.4, 0.5) is 4.79 Å². The van der Waals surface area contributed by atoms with Crippen LogP contribution in [0, 0.1) is 0 Å². The number of hydrogen-bond acceptors (Lipinski definition) is 5. The van der Waals surface area contributed by atoms with Gasteiger partial charge in [0, 0.05) is 18.5 Å². The summed E-state index contributed by atoms with van der Waals surface area (Å²) in [5.41, 5.74) is 1.92. The maximum atomic E-state index is 12.0. The number of hydrogen-bond donors (Lipinski definition) is 0. The van der Waals surface area contributed by atoms with Crippen LogP contribution in [0.3, 0.4) is 0 Å². The summed E-state index contributed by atoms with van der Waals surface area (Å²) in [7, 11) is 0. The van der Waals surface area contributed by atoms with E-state index in [1.165, 1.54) is 11.8 Å². The van der Waals surface area contributed by atoms with Gasteiger partial charge in [0.1, 0.15) is 5.03 Å². The highest BCUT2D eigenvalue weighted by Crippen LogP contribution is 2.27. The van der Waals surface area contributed by atoms with E-state index in [1.807, 2.05) is 6.26 Å². The SMILES string of the molecule is CCCCOC(=O)N1CCc2nc(Cl)nc(SC)c2C1. The number of nitrogens with zero attached hydrogens (tertiary/aromatic N) is 3. The molecule has 1 aliphatic rings. The van der Waals surface area contributed by atoms with Gasteiger partial charge in [-0.15, -0.1) is 11.8 Å². The zero-order valence-corrected chi connectivity index (χ0v) is 13.3. The van der Waals surface area contributed by atoms with Gasteiger partial charge in [-0.1, -0.05) is 13.3 Å². The topological polar surface area (TPSA) is 55.3 Å². The predicted octanol–water partition coefficient (Wildman–Crippen LogP) is 3.15. The molecule has 0 atom stereocenters. The minimum absolute atomic E-state index is 0.258. The second-order valence-corrected chi connectivity index (χ2v) is 5.70. The summed E-state index contributed by atoms with van der Waals surface area (Å²) in [6.45, 7) is 3.65. The second-order valence-electron chi connectivity index (χ2n) is 4.57. The van der Waals surface area contributed by atoms with E-state index < -0.39 is 0 Å². The van der Waals surface area contributed by atoms with Gasteiger partial charge in [-0.3, -0.25) is 0 Å². The van der Waals surface area contributed by atoms with Crippen LogP contribution in [0.25, 0.3) is 0 Å². The van der Waals surface area contributed by atoms with Gasteiger partial charge in [0.15, 0.2) is 0 Å². The number of rotatable bonds is 4. The Balaban J connectivity index is 2.08. The van der Waals surface area contributed by atoms with Crippen molar-refractivity contribution in [1.29, 1.82) is 0 Å². The lowest BCUT2D eigenvalue weighted by atomic mass is 10.1. The van der Waals surface area contributed by atoms with Crippen molar-refractivity contribution in [3.63, 3.8) is 0 Å². The molecule has 5 nitrogen and oxygen atoms in total. The highest BCUT2D eigenvalue weighted by atomic mass is 35.5. The summed E-state index contributed by atoms with van der Waals surface area (Å²) in [6, 6.07) is 0. The number of aromatic nitrogens is 2. The minimum Gasteiger partial charge on any atom is -0.449 e. The lowest BCUT2D eigenvalue weighted by Crippen LogP contribution is -2.37. The molecule has 110 valence electrons. The summed E-state index contributed by atoms with van der Waals surface area (Å²) in [5, 5.41) is 1.11. The van der Waals surface area contributed by atoms with Gasteiger partial charge in [0.05, 0.1) is 18.8 Å². The van der Waals surface area contributed by atoms with Gasteiger partial charge < -0.3 is 9.64 Å². The number of unbranched alkanes of at least 4 members (excludes halogenated alkanes) is 1. The molecule has 0 radical (unpaired) electrons. The monoisotopic (exact) mass is 315 g/mol. The van der Waals surface area contributed by atoms with Gasteiger partial charge in [0.2, 0.25) is 5.28 Å². The Morgan fingerprint density at radius 1 is 1.50 bits per heavy atom. The third kappa shape index (κ3) is 3.55. The first-order valence-electron chi connectivity index (χ1n) is 6.66. The van der Waals surface area contributed by atoms with Gasteiger partial charge >= 0.3 is 6.09 Å². The largest absolute Gasteiger partial charge is 0.449 e. The predicted molar refractivity (Wildman–Crippen MR) is 79.2 cm³/mol. The molecule has 20 heavy (non-hydrogen) atoms. The number of fused-ring (bicyclic) bond motifs is 1. The smallest absolute Gasteiger partial charge is 0.410 e. The lowest BCUT2D eigenvalue weighted by Gasteiger charge is -2.28. The maximum absolute atomic E-state index is 12.0. The Bertz CT molecular complexity index is 481. The Labute approximate surface area is 128 Å². The first-order chi connectivity index (χ1) is 9.65. The van der Waals surface area contributed by atoms with Crippen molar-refractivity contribution in [1.82, 2.24) is 14.9 Å². The molecule has 0 spiro atoms. The van der Waals surface area contributed by atoms with Crippen molar-refractivity contribution in [2.24, 2.45) is 0 Å². The fourth-order valence-electron chi connectivity index (χ4n) is 2.07. The molecule has 1 aliphatic heterocycles. The van der Waals surface area contributed by atoms with E-state index in [4.69, 9.17) is 16.3 Å². The van der Waals surface area contributed by atoms with E-state index in [9.17, 15) is 4.79 Å². The molecule has 1 aromatic rings. The number of carbonyl (C=O) groups excluding carboxylic acids is 1. The summed E-state index contributed by atoms with van der Waals surface area (Å²) in [5.74, 6) is 0. The van der Waals surface area contributed by atoms with Crippen LogP contribution in [-0.4, -0.2) is 40.4 Å². The molecule has 0 unspecified atom stereocenters. The Morgan fingerprint density at radius 2 is 2.30 bits per heavy atom. The van der Waals surface area contributed by atoms with Crippen molar-refractivity contribution in [2.75, 3.05) is 19.4 Å². The van der Waals surface area contributed by atoms with Crippen LogP contribution in [0.1, 0.15) is 31.0 Å². The highest BCUT2D eigenvalue weighted by molar-refractivity contribution is 7.98. The van der Waals surface area contributed by atoms with E-state index in [-0.39, 0.29) is 11.4 Å². The number of thioether (sulfide) groups is 1. The third-order valence-electron chi connectivity index (χ3n) is 3.17. The second kappa shape index (κ2) is 7.13. The van der Waals surface area contributed by atoms with Crippen LogP contribution in [0.15, 0.2) is 5.03 Å². The molecule has 0 bridgehead atoms. The summed E-state index contributed by atoms with van der Waals surface area (Å²) < 4.78 is 5.25. The summed E-state index contributed by atoms with van der Waals surface area (Å²) >= 11 is 7.42. The zero-order valence-electron chi connectivity index (χ0n) is 11.7. The lowest BCUT2D eigenvalue weighted by molar-refractivity contribution is 0.0958. The normalized spacial score (nSPS) is 14.1. The molecule has 1 amide bonds. The number of halogens is 1. The van der Waals surface area contributed by atoms with E-state index >= 15 is 0 Å². The minimum atomic E-state index is -0.258. The van der Waals surface area contributed by atoms with Crippen LogP contribution in [0.5, 0.6) is 0 Å². The fraction of sp³-hybridized carbons (Fsp3) is 0.615. The van der Waals surface area contributed by atoms with Crippen molar-refractivity contribution < 1.29 is 9.53 Å². The van der Waals surface area contributed by atoms with E-state index in [0.717, 1.165) is 29.1 Å². The molecular formula is C13H18ClN3O2S. The molecule has 1 aromatic heterocycles. The van der Waals surface area contributed by atoms with Crippen molar-refractivity contribution in [2.45, 2.75) is 37.8 Å². The van der Waals surface area contributed by atoms with Crippen molar-refractivity contribution >= 4 is 29.5 Å². The highest BCUT2D eigenvalue weighted by Gasteiger charge is 2.25. The number of ether oxygens (including phenoxy) is 1. The Hall–Kier alpha value is -1.01. The molecule has 2 rings (SSSR count). The third-order valence-corrected chi connectivity index (χ3v) is 4.06.